The summed E-state index contributed by atoms with van der Waals surface area (Å²) >= 11 is 3.31. The van der Waals surface area contributed by atoms with E-state index in [1.54, 1.807) is 6.20 Å². The molecule has 0 spiro atoms. The monoisotopic (exact) mass is 211 g/mol. The van der Waals surface area contributed by atoms with Crippen molar-refractivity contribution < 1.29 is 0 Å². The molecule has 0 atom stereocenters. The van der Waals surface area contributed by atoms with E-state index < -0.39 is 0 Å². The van der Waals surface area contributed by atoms with Gasteiger partial charge in [0, 0.05) is 18.6 Å². The van der Waals surface area contributed by atoms with Gasteiger partial charge in [0.05, 0.1) is 5.69 Å². The number of halogens is 1. The largest absolute Gasteiger partial charge is 0.303 e. The highest BCUT2D eigenvalue weighted by Gasteiger charge is 1.99. The summed E-state index contributed by atoms with van der Waals surface area (Å²) in [5.41, 5.74) is 1.84. The van der Waals surface area contributed by atoms with Crippen LogP contribution >= 0.6 is 15.9 Å². The molecule has 2 aromatic heterocycles. The van der Waals surface area contributed by atoms with Crippen molar-refractivity contribution >= 4 is 21.6 Å². The van der Waals surface area contributed by atoms with E-state index in [1.165, 1.54) is 0 Å². The van der Waals surface area contributed by atoms with Crippen LogP contribution in [0.25, 0.3) is 5.65 Å². The number of fused-ring (bicyclic) bond motifs is 1. The molecule has 0 saturated heterocycles. The van der Waals surface area contributed by atoms with Gasteiger partial charge in [-0.15, -0.1) is 0 Å². The van der Waals surface area contributed by atoms with E-state index in [-0.39, 0.29) is 0 Å². The fourth-order valence-electron chi connectivity index (χ4n) is 1.05. The highest BCUT2D eigenvalue weighted by molar-refractivity contribution is 9.10. The van der Waals surface area contributed by atoms with Gasteiger partial charge in [-0.05, 0) is 22.9 Å². The summed E-state index contributed by atoms with van der Waals surface area (Å²) in [6.07, 6.45) is 5.54. The molecular weight excluding hydrogens is 206 g/mol. The van der Waals surface area contributed by atoms with Gasteiger partial charge in [-0.3, -0.25) is 0 Å². The van der Waals surface area contributed by atoms with E-state index in [4.69, 9.17) is 0 Å². The zero-order valence-electron chi connectivity index (χ0n) is 5.95. The van der Waals surface area contributed by atoms with Crippen molar-refractivity contribution in [3.8, 4) is 0 Å². The lowest BCUT2D eigenvalue weighted by Crippen LogP contribution is -1.91. The van der Waals surface area contributed by atoms with Gasteiger partial charge in [0.2, 0.25) is 0 Å². The standard InChI is InChI=1S/C7H6BrN3/c1-5-7-9-2-3-11(7)4-6(8)10-5/h2-4H,1H3. The first-order valence-electron chi connectivity index (χ1n) is 3.23. The molecule has 11 heavy (non-hydrogen) atoms. The summed E-state index contributed by atoms with van der Waals surface area (Å²) < 4.78 is 2.77. The minimum absolute atomic E-state index is 0.834. The summed E-state index contributed by atoms with van der Waals surface area (Å²) in [6, 6.07) is 0. The van der Waals surface area contributed by atoms with Crippen LogP contribution in [0.5, 0.6) is 0 Å². The maximum atomic E-state index is 4.21. The summed E-state index contributed by atoms with van der Waals surface area (Å²) in [4.78, 5) is 8.35. The zero-order valence-corrected chi connectivity index (χ0v) is 7.54. The van der Waals surface area contributed by atoms with Crippen molar-refractivity contribution in [1.82, 2.24) is 14.4 Å². The Balaban J connectivity index is 2.91. The zero-order chi connectivity index (χ0) is 7.84. The molecule has 0 radical (unpaired) electrons. The molecule has 2 aromatic rings. The number of hydrogen-bond donors (Lipinski definition) is 0. The van der Waals surface area contributed by atoms with Gasteiger partial charge in [-0.2, -0.15) is 0 Å². The number of hydrogen-bond acceptors (Lipinski definition) is 2. The summed E-state index contributed by atoms with van der Waals surface area (Å²) in [7, 11) is 0. The van der Waals surface area contributed by atoms with Gasteiger partial charge in [0.1, 0.15) is 4.60 Å². The number of aromatic nitrogens is 3. The lowest BCUT2D eigenvalue weighted by atomic mass is 10.5. The first-order valence-corrected chi connectivity index (χ1v) is 4.02. The molecule has 0 saturated carbocycles. The Bertz CT molecular complexity index is 393. The average Bonchev–Trinajstić information content (AvgIpc) is 2.34. The van der Waals surface area contributed by atoms with Gasteiger partial charge in [-0.25, -0.2) is 9.97 Å². The van der Waals surface area contributed by atoms with Crippen LogP contribution in [0.3, 0.4) is 0 Å². The molecule has 0 fully saturated rings. The normalized spacial score (nSPS) is 10.7. The molecular formula is C7H6BrN3. The molecule has 0 amide bonds. The van der Waals surface area contributed by atoms with Crippen LogP contribution in [0, 0.1) is 6.92 Å². The SMILES string of the molecule is Cc1nc(Br)cn2ccnc12. The highest BCUT2D eigenvalue weighted by atomic mass is 79.9. The van der Waals surface area contributed by atoms with Gasteiger partial charge in [0.25, 0.3) is 0 Å². The molecule has 56 valence electrons. The minimum atomic E-state index is 0.834. The third-order valence-electron chi connectivity index (χ3n) is 1.51. The molecule has 0 aliphatic heterocycles. The van der Waals surface area contributed by atoms with Crippen molar-refractivity contribution in [2.24, 2.45) is 0 Å². The van der Waals surface area contributed by atoms with E-state index >= 15 is 0 Å². The van der Waals surface area contributed by atoms with E-state index in [1.807, 2.05) is 23.7 Å². The smallest absolute Gasteiger partial charge is 0.158 e. The third kappa shape index (κ3) is 1.03. The minimum Gasteiger partial charge on any atom is -0.303 e. The quantitative estimate of drug-likeness (QED) is 0.666. The first-order chi connectivity index (χ1) is 5.27. The van der Waals surface area contributed by atoms with Crippen LogP contribution in [0.15, 0.2) is 23.2 Å². The van der Waals surface area contributed by atoms with Crippen molar-refractivity contribution in [2.45, 2.75) is 6.92 Å². The van der Waals surface area contributed by atoms with E-state index in [9.17, 15) is 0 Å². The molecule has 0 aliphatic rings. The first kappa shape index (κ1) is 6.79. The topological polar surface area (TPSA) is 30.2 Å². The second-order valence-corrected chi connectivity index (χ2v) is 3.12. The summed E-state index contributed by atoms with van der Waals surface area (Å²) in [5.74, 6) is 0. The predicted molar refractivity (Wildman–Crippen MR) is 45.4 cm³/mol. The van der Waals surface area contributed by atoms with Crippen molar-refractivity contribution in [3.63, 3.8) is 0 Å². The number of aryl methyl sites for hydroxylation is 1. The molecule has 0 aromatic carbocycles. The maximum Gasteiger partial charge on any atom is 0.158 e. The lowest BCUT2D eigenvalue weighted by molar-refractivity contribution is 1.05. The number of imidazole rings is 1. The van der Waals surface area contributed by atoms with Crippen LogP contribution in [0.2, 0.25) is 0 Å². The Hall–Kier alpha value is -0.900. The van der Waals surface area contributed by atoms with E-state index in [2.05, 4.69) is 25.9 Å². The molecule has 3 nitrogen and oxygen atoms in total. The average molecular weight is 212 g/mol. The van der Waals surface area contributed by atoms with Crippen LogP contribution in [-0.4, -0.2) is 14.4 Å². The number of nitrogens with zero attached hydrogens (tertiary/aromatic N) is 3. The lowest BCUT2D eigenvalue weighted by Gasteiger charge is -1.96. The van der Waals surface area contributed by atoms with Crippen molar-refractivity contribution in [2.75, 3.05) is 0 Å². The Labute approximate surface area is 72.2 Å². The summed E-state index contributed by atoms with van der Waals surface area (Å²) in [6.45, 7) is 1.94. The molecule has 2 rings (SSSR count). The predicted octanol–water partition coefficient (Wildman–Crippen LogP) is 1.80. The van der Waals surface area contributed by atoms with Crippen LogP contribution in [0.1, 0.15) is 5.69 Å². The van der Waals surface area contributed by atoms with Gasteiger partial charge >= 0.3 is 0 Å². The number of rotatable bonds is 0. The Morgan fingerprint density at radius 2 is 2.36 bits per heavy atom. The van der Waals surface area contributed by atoms with Gasteiger partial charge in [-0.1, -0.05) is 0 Å². The van der Waals surface area contributed by atoms with Crippen LogP contribution in [-0.2, 0) is 0 Å². The fourth-order valence-corrected chi connectivity index (χ4v) is 1.54. The molecule has 0 N–H and O–H groups in total. The van der Waals surface area contributed by atoms with Crippen LogP contribution in [0.4, 0.5) is 0 Å². The summed E-state index contributed by atoms with van der Waals surface area (Å²) in [5, 5.41) is 0. The highest BCUT2D eigenvalue weighted by Crippen LogP contribution is 2.10. The Kier molecular flexibility index (Phi) is 1.42. The molecule has 2 heterocycles. The third-order valence-corrected chi connectivity index (χ3v) is 1.89. The molecule has 0 bridgehead atoms. The maximum absolute atomic E-state index is 4.21. The van der Waals surface area contributed by atoms with Gasteiger partial charge in [0.15, 0.2) is 5.65 Å². The van der Waals surface area contributed by atoms with E-state index in [0.29, 0.717) is 0 Å². The second kappa shape index (κ2) is 2.30. The van der Waals surface area contributed by atoms with Crippen molar-refractivity contribution in [1.29, 1.82) is 0 Å². The Morgan fingerprint density at radius 3 is 3.18 bits per heavy atom. The van der Waals surface area contributed by atoms with Gasteiger partial charge < -0.3 is 4.40 Å². The Morgan fingerprint density at radius 1 is 1.55 bits per heavy atom. The fraction of sp³-hybridized carbons (Fsp3) is 0.143. The van der Waals surface area contributed by atoms with Crippen LogP contribution < -0.4 is 0 Å². The van der Waals surface area contributed by atoms with Crippen molar-refractivity contribution in [3.05, 3.63) is 28.9 Å². The molecule has 4 heteroatoms. The van der Waals surface area contributed by atoms with E-state index in [0.717, 1.165) is 15.9 Å². The second-order valence-electron chi connectivity index (χ2n) is 2.31. The molecule has 0 aliphatic carbocycles. The molecule has 0 unspecified atom stereocenters.